The number of aliphatic hydroxyl groups excluding tert-OH is 2. The molecular formula is C29H53N9O9. The zero-order chi connectivity index (χ0) is 36.0. The minimum atomic E-state index is -1.46. The fraction of sp³-hybridized carbons (Fsp3) is 0.759. The number of likely N-dealkylation sites (tertiary alicyclic amines) is 1. The molecule has 5 amide bonds. The van der Waals surface area contributed by atoms with Crippen molar-refractivity contribution in [1.29, 1.82) is 0 Å². The predicted molar refractivity (Wildman–Crippen MR) is 171 cm³/mol. The SMILES string of the molecule is CC(C)C[C@H](N)C(=O)N[C@H](C(=O)N[C@@H](CCCN=C(N)N)C(=O)N[C@H](C(=O)N[C@@H](CO)C(=O)N1CCC[C@H]1C(=O)O)C(C)C)[C@@H](C)O. The second-order valence-electron chi connectivity index (χ2n) is 12.5. The Morgan fingerprint density at radius 3 is 1.96 bits per heavy atom. The molecule has 1 fully saturated rings. The molecule has 0 aliphatic carbocycles. The third-order valence-electron chi connectivity index (χ3n) is 7.57. The first kappa shape index (κ1) is 41.0. The lowest BCUT2D eigenvalue weighted by molar-refractivity contribution is -0.150. The fourth-order valence-corrected chi connectivity index (χ4v) is 5.04. The van der Waals surface area contributed by atoms with Gasteiger partial charge in [-0.25, -0.2) is 4.79 Å². The molecule has 7 atom stereocenters. The van der Waals surface area contributed by atoms with Gasteiger partial charge in [-0.2, -0.15) is 0 Å². The quantitative estimate of drug-likeness (QED) is 0.0363. The summed E-state index contributed by atoms with van der Waals surface area (Å²) in [6.07, 6.45) is -0.165. The number of guanidine groups is 1. The van der Waals surface area contributed by atoms with Gasteiger partial charge in [0, 0.05) is 13.1 Å². The Morgan fingerprint density at radius 2 is 1.45 bits per heavy atom. The molecule has 1 saturated heterocycles. The summed E-state index contributed by atoms with van der Waals surface area (Å²) in [5.41, 5.74) is 16.7. The van der Waals surface area contributed by atoms with Crippen LogP contribution >= 0.6 is 0 Å². The Balaban J connectivity index is 3.15. The highest BCUT2D eigenvalue weighted by Crippen LogP contribution is 2.19. The van der Waals surface area contributed by atoms with E-state index in [1.54, 1.807) is 13.8 Å². The van der Waals surface area contributed by atoms with E-state index in [1.807, 2.05) is 13.8 Å². The number of amides is 5. The lowest BCUT2D eigenvalue weighted by Gasteiger charge is -2.30. The van der Waals surface area contributed by atoms with Gasteiger partial charge in [-0.1, -0.05) is 27.7 Å². The number of carboxylic acids is 1. The second-order valence-corrected chi connectivity index (χ2v) is 12.5. The summed E-state index contributed by atoms with van der Waals surface area (Å²) < 4.78 is 0. The van der Waals surface area contributed by atoms with Crippen LogP contribution in [0.4, 0.5) is 0 Å². The Morgan fingerprint density at radius 1 is 0.872 bits per heavy atom. The molecule has 13 N–H and O–H groups in total. The monoisotopic (exact) mass is 671 g/mol. The molecule has 0 saturated carbocycles. The zero-order valence-corrected chi connectivity index (χ0v) is 27.8. The lowest BCUT2D eigenvalue weighted by atomic mass is 10.0. The van der Waals surface area contributed by atoms with Crippen LogP contribution in [0.1, 0.15) is 66.7 Å². The van der Waals surface area contributed by atoms with Gasteiger partial charge in [0.1, 0.15) is 30.2 Å². The number of nitrogens with two attached hydrogens (primary N) is 3. The average Bonchev–Trinajstić information content (AvgIpc) is 3.47. The van der Waals surface area contributed by atoms with E-state index in [1.165, 1.54) is 6.92 Å². The third kappa shape index (κ3) is 13.3. The van der Waals surface area contributed by atoms with Gasteiger partial charge in [0.05, 0.1) is 18.8 Å². The number of nitrogens with one attached hydrogen (secondary N) is 4. The summed E-state index contributed by atoms with van der Waals surface area (Å²) in [5.74, 6) is -5.80. The van der Waals surface area contributed by atoms with Crippen LogP contribution in [0.2, 0.25) is 0 Å². The molecular weight excluding hydrogens is 618 g/mol. The van der Waals surface area contributed by atoms with Gasteiger partial charge in [0.15, 0.2) is 5.96 Å². The summed E-state index contributed by atoms with van der Waals surface area (Å²) in [5, 5.41) is 39.5. The molecule has 0 aromatic rings. The normalized spacial score (nSPS) is 18.3. The molecule has 1 aliphatic rings. The summed E-state index contributed by atoms with van der Waals surface area (Å²) in [7, 11) is 0. The van der Waals surface area contributed by atoms with Gasteiger partial charge in [-0.15, -0.1) is 0 Å². The van der Waals surface area contributed by atoms with Crippen molar-refractivity contribution in [2.45, 2.75) is 109 Å². The summed E-state index contributed by atoms with van der Waals surface area (Å²) in [4.78, 5) is 82.3. The van der Waals surface area contributed by atoms with Gasteiger partial charge in [0.2, 0.25) is 29.5 Å². The van der Waals surface area contributed by atoms with E-state index in [0.29, 0.717) is 12.8 Å². The number of hydrogen-bond donors (Lipinski definition) is 10. The Hall–Kier alpha value is -4.03. The van der Waals surface area contributed by atoms with Crippen LogP contribution in [0.25, 0.3) is 0 Å². The van der Waals surface area contributed by atoms with Gasteiger partial charge >= 0.3 is 5.97 Å². The van der Waals surface area contributed by atoms with Crippen molar-refractivity contribution in [2.24, 2.45) is 34.0 Å². The number of aliphatic hydroxyl groups is 2. The highest BCUT2D eigenvalue weighted by atomic mass is 16.4. The summed E-state index contributed by atoms with van der Waals surface area (Å²) in [6.45, 7) is 7.68. The molecule has 0 aromatic heterocycles. The molecule has 1 aliphatic heterocycles. The first-order valence-corrected chi connectivity index (χ1v) is 15.8. The first-order valence-electron chi connectivity index (χ1n) is 15.8. The molecule has 1 rings (SSSR count). The van der Waals surface area contributed by atoms with Gasteiger partial charge in [0.25, 0.3) is 0 Å². The topological polar surface area (TPSA) is 305 Å². The first-order chi connectivity index (χ1) is 21.9. The molecule has 268 valence electrons. The number of aliphatic carboxylic acids is 1. The highest BCUT2D eigenvalue weighted by molar-refractivity contribution is 5.96. The standard InChI is InChI=1S/C29H53N9O9/c1-14(2)12-17(30)23(41)37-22(16(5)40)26(44)34-18(8-6-10-33-29(31)32)24(42)36-21(15(3)4)25(43)35-19(13-39)27(45)38-11-7-9-20(38)28(46)47/h14-22,39-40H,6-13,30H2,1-5H3,(H,34,44)(H,35,43)(H,36,42)(H,37,41)(H,46,47)(H4,31,32,33)/t16-,17+,18+,19+,20+,21+,22+/m1/s1. The second kappa shape index (κ2) is 19.6. The van der Waals surface area contributed by atoms with Crippen molar-refractivity contribution in [3.63, 3.8) is 0 Å². The minimum absolute atomic E-state index is 0.0165. The largest absolute Gasteiger partial charge is 0.480 e. The van der Waals surface area contributed by atoms with Gasteiger partial charge in [-0.05, 0) is 50.9 Å². The highest BCUT2D eigenvalue weighted by Gasteiger charge is 2.39. The molecule has 47 heavy (non-hydrogen) atoms. The van der Waals surface area contributed by atoms with Crippen LogP contribution < -0.4 is 38.5 Å². The van der Waals surface area contributed by atoms with E-state index in [2.05, 4.69) is 26.3 Å². The molecule has 0 bridgehead atoms. The number of carboxylic acid groups (broad SMARTS) is 1. The van der Waals surface area contributed by atoms with Crippen LogP contribution in [-0.2, 0) is 28.8 Å². The molecule has 0 unspecified atom stereocenters. The van der Waals surface area contributed by atoms with Crippen LogP contribution in [0.15, 0.2) is 4.99 Å². The predicted octanol–water partition coefficient (Wildman–Crippen LogP) is -3.54. The average molecular weight is 672 g/mol. The van der Waals surface area contributed by atoms with Crippen LogP contribution in [0.5, 0.6) is 0 Å². The van der Waals surface area contributed by atoms with E-state index < -0.39 is 90.4 Å². The number of carbonyl (C=O) groups is 6. The van der Waals surface area contributed by atoms with E-state index in [0.717, 1.165) is 4.90 Å². The zero-order valence-electron chi connectivity index (χ0n) is 27.8. The summed E-state index contributed by atoms with van der Waals surface area (Å²) in [6, 6.07) is -7.50. The fourth-order valence-electron chi connectivity index (χ4n) is 5.04. The van der Waals surface area contributed by atoms with Gasteiger partial charge < -0.3 is 58.7 Å². The Kier molecular flexibility index (Phi) is 17.1. The van der Waals surface area contributed by atoms with Crippen molar-refractivity contribution in [3.8, 4) is 0 Å². The summed E-state index contributed by atoms with van der Waals surface area (Å²) >= 11 is 0. The Labute approximate surface area is 274 Å². The van der Waals surface area contributed by atoms with Crippen molar-refractivity contribution in [3.05, 3.63) is 0 Å². The van der Waals surface area contributed by atoms with E-state index >= 15 is 0 Å². The number of aliphatic imine (C=N–C) groups is 1. The Bertz CT molecular complexity index is 1130. The smallest absolute Gasteiger partial charge is 0.326 e. The van der Waals surface area contributed by atoms with Crippen molar-refractivity contribution in [1.82, 2.24) is 26.2 Å². The molecule has 1 heterocycles. The molecule has 0 aromatic carbocycles. The molecule has 0 spiro atoms. The molecule has 18 nitrogen and oxygen atoms in total. The van der Waals surface area contributed by atoms with Crippen LogP contribution in [0, 0.1) is 11.8 Å². The lowest BCUT2D eigenvalue weighted by Crippen LogP contribution is -2.61. The third-order valence-corrected chi connectivity index (χ3v) is 7.57. The number of nitrogens with zero attached hydrogens (tertiary/aromatic N) is 2. The van der Waals surface area contributed by atoms with E-state index in [-0.39, 0.29) is 44.2 Å². The molecule has 18 heteroatoms. The van der Waals surface area contributed by atoms with Crippen molar-refractivity contribution >= 4 is 41.5 Å². The maximum atomic E-state index is 13.5. The van der Waals surface area contributed by atoms with Crippen LogP contribution in [-0.4, -0.2) is 124 Å². The number of rotatable bonds is 19. The minimum Gasteiger partial charge on any atom is -0.480 e. The maximum absolute atomic E-state index is 13.5. The van der Waals surface area contributed by atoms with Crippen molar-refractivity contribution in [2.75, 3.05) is 19.7 Å². The molecule has 0 radical (unpaired) electrons. The maximum Gasteiger partial charge on any atom is 0.326 e. The van der Waals surface area contributed by atoms with Crippen LogP contribution in [0.3, 0.4) is 0 Å². The van der Waals surface area contributed by atoms with E-state index in [9.17, 15) is 44.1 Å². The van der Waals surface area contributed by atoms with Gasteiger partial charge in [-0.3, -0.25) is 29.0 Å². The van der Waals surface area contributed by atoms with E-state index in [4.69, 9.17) is 17.2 Å². The number of carbonyl (C=O) groups excluding carboxylic acids is 5. The number of hydrogen-bond acceptors (Lipinski definition) is 10. The van der Waals surface area contributed by atoms with Crippen molar-refractivity contribution < 1.29 is 44.1 Å².